The molecule has 1 fully saturated rings. The van der Waals surface area contributed by atoms with Gasteiger partial charge in [0.05, 0.1) is 5.56 Å². The lowest BCUT2D eigenvalue weighted by Crippen LogP contribution is -2.50. The maximum Gasteiger partial charge on any atom is 0.256 e. The molecule has 1 aliphatic heterocycles. The van der Waals surface area contributed by atoms with Crippen molar-refractivity contribution < 1.29 is 19.1 Å². The van der Waals surface area contributed by atoms with Gasteiger partial charge in [0.1, 0.15) is 11.6 Å². The highest BCUT2D eigenvalue weighted by Gasteiger charge is 2.24. The van der Waals surface area contributed by atoms with Gasteiger partial charge in [0.15, 0.2) is 0 Å². The Morgan fingerprint density at radius 2 is 1.74 bits per heavy atom. The van der Waals surface area contributed by atoms with E-state index >= 15 is 0 Å². The van der Waals surface area contributed by atoms with E-state index in [0.29, 0.717) is 26.2 Å². The van der Waals surface area contributed by atoms with E-state index in [1.165, 1.54) is 24.0 Å². The molecule has 1 aliphatic rings. The summed E-state index contributed by atoms with van der Waals surface area (Å²) in [5, 5.41) is 9.12. The molecule has 102 valence electrons. The molecule has 0 spiro atoms. The molecule has 0 aliphatic carbocycles. The number of hydrogen-bond donors (Lipinski definition) is 1. The number of amides is 2. The molecule has 6 heteroatoms. The van der Waals surface area contributed by atoms with E-state index in [9.17, 15) is 14.0 Å². The van der Waals surface area contributed by atoms with Crippen LogP contribution in [0.3, 0.4) is 0 Å². The largest absolute Gasteiger partial charge is 0.508 e. The number of halogens is 1. The first kappa shape index (κ1) is 13.3. The summed E-state index contributed by atoms with van der Waals surface area (Å²) < 4.78 is 13.6. The molecule has 1 saturated heterocycles. The van der Waals surface area contributed by atoms with Gasteiger partial charge >= 0.3 is 0 Å². The summed E-state index contributed by atoms with van der Waals surface area (Å²) in [6.07, 6.45) is 0. The van der Waals surface area contributed by atoms with Gasteiger partial charge in [-0.3, -0.25) is 9.59 Å². The van der Waals surface area contributed by atoms with Gasteiger partial charge in [-0.15, -0.1) is 0 Å². The fraction of sp³-hybridized carbons (Fsp3) is 0.385. The summed E-state index contributed by atoms with van der Waals surface area (Å²) in [7, 11) is 0. The third kappa shape index (κ3) is 2.83. The first-order valence-corrected chi connectivity index (χ1v) is 6.02. The number of rotatable bonds is 1. The van der Waals surface area contributed by atoms with E-state index in [0.717, 1.165) is 6.07 Å². The van der Waals surface area contributed by atoms with Gasteiger partial charge in [-0.2, -0.15) is 0 Å². The van der Waals surface area contributed by atoms with E-state index in [-0.39, 0.29) is 17.2 Å². The number of hydrogen-bond acceptors (Lipinski definition) is 3. The smallest absolute Gasteiger partial charge is 0.256 e. The van der Waals surface area contributed by atoms with Crippen molar-refractivity contribution in [3.8, 4) is 5.75 Å². The molecule has 1 N–H and O–H groups in total. The highest BCUT2D eigenvalue weighted by Crippen LogP contribution is 2.17. The van der Waals surface area contributed by atoms with Crippen molar-refractivity contribution >= 4 is 11.8 Å². The number of benzene rings is 1. The molecule has 2 amide bonds. The highest BCUT2D eigenvalue weighted by molar-refractivity contribution is 5.94. The minimum Gasteiger partial charge on any atom is -0.508 e. The van der Waals surface area contributed by atoms with Crippen molar-refractivity contribution in [3.05, 3.63) is 29.6 Å². The molecule has 0 bridgehead atoms. The number of carbonyl (C=O) groups is 2. The second kappa shape index (κ2) is 5.26. The molecule has 1 aromatic carbocycles. The van der Waals surface area contributed by atoms with Crippen LogP contribution in [-0.2, 0) is 4.79 Å². The van der Waals surface area contributed by atoms with Crippen LogP contribution in [0.4, 0.5) is 4.39 Å². The Morgan fingerprint density at radius 1 is 1.16 bits per heavy atom. The predicted molar refractivity (Wildman–Crippen MR) is 66.2 cm³/mol. The average Bonchev–Trinajstić information content (AvgIpc) is 2.38. The zero-order valence-corrected chi connectivity index (χ0v) is 10.6. The molecule has 0 radical (unpaired) electrons. The molecular formula is C13H15FN2O3. The maximum absolute atomic E-state index is 13.6. The minimum atomic E-state index is -0.737. The van der Waals surface area contributed by atoms with Crippen molar-refractivity contribution in [1.82, 2.24) is 9.80 Å². The third-order valence-electron chi connectivity index (χ3n) is 3.20. The van der Waals surface area contributed by atoms with Crippen LogP contribution in [0.1, 0.15) is 17.3 Å². The lowest BCUT2D eigenvalue weighted by molar-refractivity contribution is -0.130. The Labute approximate surface area is 110 Å². The number of phenolic OH excluding ortho intramolecular Hbond substituents is 1. The van der Waals surface area contributed by atoms with Crippen molar-refractivity contribution in [2.75, 3.05) is 26.2 Å². The summed E-state index contributed by atoms with van der Waals surface area (Å²) in [4.78, 5) is 26.4. The van der Waals surface area contributed by atoms with Crippen LogP contribution in [0.25, 0.3) is 0 Å². The van der Waals surface area contributed by atoms with Gasteiger partial charge in [0.2, 0.25) is 5.91 Å². The van der Waals surface area contributed by atoms with Crippen molar-refractivity contribution in [1.29, 1.82) is 0 Å². The number of phenols is 1. The Kier molecular flexibility index (Phi) is 3.69. The van der Waals surface area contributed by atoms with Gasteiger partial charge < -0.3 is 14.9 Å². The van der Waals surface area contributed by atoms with Crippen LogP contribution in [0.15, 0.2) is 18.2 Å². The molecule has 19 heavy (non-hydrogen) atoms. The standard InChI is InChI=1S/C13H15FN2O3/c1-9(17)15-4-6-16(7-5-15)13(19)11-3-2-10(18)8-12(11)14/h2-3,8,18H,4-7H2,1H3. The molecule has 1 aromatic rings. The number of piperazine rings is 1. The van der Waals surface area contributed by atoms with E-state index < -0.39 is 11.7 Å². The van der Waals surface area contributed by atoms with Crippen LogP contribution in [0.5, 0.6) is 5.75 Å². The lowest BCUT2D eigenvalue weighted by atomic mass is 10.1. The third-order valence-corrected chi connectivity index (χ3v) is 3.20. The average molecular weight is 266 g/mol. The molecule has 2 rings (SSSR count). The van der Waals surface area contributed by atoms with Gasteiger partial charge in [-0.1, -0.05) is 0 Å². The first-order valence-electron chi connectivity index (χ1n) is 6.02. The molecular weight excluding hydrogens is 251 g/mol. The molecule has 0 saturated carbocycles. The van der Waals surface area contributed by atoms with Crippen molar-refractivity contribution in [2.24, 2.45) is 0 Å². The second-order valence-corrected chi connectivity index (χ2v) is 4.46. The fourth-order valence-corrected chi connectivity index (χ4v) is 2.07. The Morgan fingerprint density at radius 3 is 2.26 bits per heavy atom. The highest BCUT2D eigenvalue weighted by atomic mass is 19.1. The first-order chi connectivity index (χ1) is 8.99. The Balaban J connectivity index is 2.07. The van der Waals surface area contributed by atoms with Crippen molar-refractivity contribution in [3.63, 3.8) is 0 Å². The summed E-state index contributed by atoms with van der Waals surface area (Å²) >= 11 is 0. The fourth-order valence-electron chi connectivity index (χ4n) is 2.07. The zero-order chi connectivity index (χ0) is 14.0. The van der Waals surface area contributed by atoms with E-state index in [2.05, 4.69) is 0 Å². The van der Waals surface area contributed by atoms with Gasteiger partial charge in [-0.25, -0.2) is 4.39 Å². The van der Waals surface area contributed by atoms with E-state index in [1.54, 1.807) is 4.90 Å². The molecule has 0 aromatic heterocycles. The summed E-state index contributed by atoms with van der Waals surface area (Å²) in [5.74, 6) is -1.39. The Bertz CT molecular complexity index is 511. The van der Waals surface area contributed by atoms with Crippen molar-refractivity contribution in [2.45, 2.75) is 6.92 Å². The minimum absolute atomic E-state index is 0.0251. The van der Waals surface area contributed by atoms with Gasteiger partial charge in [-0.05, 0) is 12.1 Å². The monoisotopic (exact) mass is 266 g/mol. The van der Waals surface area contributed by atoms with Crippen LogP contribution in [0, 0.1) is 5.82 Å². The quantitative estimate of drug-likeness (QED) is 0.819. The summed E-state index contributed by atoms with van der Waals surface area (Å²) in [6.45, 7) is 3.18. The maximum atomic E-state index is 13.6. The second-order valence-electron chi connectivity index (χ2n) is 4.46. The predicted octanol–water partition coefficient (Wildman–Crippen LogP) is 0.836. The topological polar surface area (TPSA) is 60.9 Å². The number of aromatic hydroxyl groups is 1. The molecule has 0 atom stereocenters. The number of carbonyl (C=O) groups excluding carboxylic acids is 2. The normalized spacial score (nSPS) is 15.5. The van der Waals surface area contributed by atoms with Crippen LogP contribution in [-0.4, -0.2) is 52.9 Å². The molecule has 5 nitrogen and oxygen atoms in total. The zero-order valence-electron chi connectivity index (χ0n) is 10.6. The van der Waals surface area contributed by atoms with E-state index in [1.807, 2.05) is 0 Å². The number of nitrogens with zero attached hydrogens (tertiary/aromatic N) is 2. The van der Waals surface area contributed by atoms with Crippen LogP contribution in [0.2, 0.25) is 0 Å². The lowest BCUT2D eigenvalue weighted by Gasteiger charge is -2.34. The van der Waals surface area contributed by atoms with Crippen LogP contribution < -0.4 is 0 Å². The summed E-state index contributed by atoms with van der Waals surface area (Å²) in [6, 6.07) is 3.46. The summed E-state index contributed by atoms with van der Waals surface area (Å²) in [5.41, 5.74) is -0.0610. The van der Waals surface area contributed by atoms with Gasteiger partial charge in [0, 0.05) is 39.2 Å². The molecule has 1 heterocycles. The SMILES string of the molecule is CC(=O)N1CCN(C(=O)c2ccc(O)cc2F)CC1. The van der Waals surface area contributed by atoms with Gasteiger partial charge in [0.25, 0.3) is 5.91 Å². The Hall–Kier alpha value is -2.11. The van der Waals surface area contributed by atoms with E-state index in [4.69, 9.17) is 5.11 Å². The van der Waals surface area contributed by atoms with Crippen LogP contribution >= 0.6 is 0 Å². The molecule has 0 unspecified atom stereocenters.